The van der Waals surface area contributed by atoms with Crippen LogP contribution in [0.5, 0.6) is 5.75 Å². The van der Waals surface area contributed by atoms with Crippen molar-refractivity contribution < 1.29 is 31.3 Å². The number of hydrogen-bond acceptors (Lipinski definition) is 2. The van der Waals surface area contributed by atoms with E-state index < -0.39 is 24.1 Å². The molecule has 0 saturated carbocycles. The van der Waals surface area contributed by atoms with Gasteiger partial charge in [0, 0.05) is 17.7 Å². The molecule has 0 bridgehead atoms. The molecule has 1 aliphatic heterocycles. The van der Waals surface area contributed by atoms with Gasteiger partial charge in [-0.2, -0.15) is 22.0 Å². The van der Waals surface area contributed by atoms with Gasteiger partial charge >= 0.3 is 12.8 Å². The minimum Gasteiger partial charge on any atom is -0.434 e. The van der Waals surface area contributed by atoms with E-state index in [0.717, 1.165) is 6.07 Å². The van der Waals surface area contributed by atoms with Gasteiger partial charge in [-0.1, -0.05) is 18.2 Å². The number of allylic oxidation sites excluding steroid dienone is 4. The molecule has 0 saturated heterocycles. The zero-order valence-corrected chi connectivity index (χ0v) is 15.6. The van der Waals surface area contributed by atoms with E-state index in [1.807, 2.05) is 16.7 Å². The van der Waals surface area contributed by atoms with Crippen molar-refractivity contribution in [3.05, 3.63) is 64.9 Å². The summed E-state index contributed by atoms with van der Waals surface area (Å²) in [7, 11) is 0. The Bertz CT molecular complexity index is 831. The molecule has 0 fully saturated rings. The van der Waals surface area contributed by atoms with Gasteiger partial charge in [-0.05, 0) is 38.1 Å². The molecule has 3 nitrogen and oxygen atoms in total. The molecule has 1 heterocycles. The average Bonchev–Trinajstić information content (AvgIpc) is 2.56. The van der Waals surface area contributed by atoms with E-state index in [4.69, 9.17) is 5.73 Å². The summed E-state index contributed by atoms with van der Waals surface area (Å²) in [6.45, 7) is 1.15. The van der Waals surface area contributed by atoms with Gasteiger partial charge in [-0.15, -0.1) is 0 Å². The van der Waals surface area contributed by atoms with Crippen LogP contribution in [0, 0.1) is 0 Å². The van der Waals surface area contributed by atoms with Gasteiger partial charge in [0.15, 0.2) is 6.54 Å². The lowest BCUT2D eigenvalue weighted by Gasteiger charge is -2.17. The first-order valence-corrected chi connectivity index (χ1v) is 8.64. The number of alkyl halides is 5. The average molecular weight is 401 g/mol. The Balaban J connectivity index is 2.71. The zero-order valence-electron chi connectivity index (χ0n) is 15.6. The van der Waals surface area contributed by atoms with Crippen molar-refractivity contribution in [2.75, 3.05) is 13.1 Å². The highest BCUT2D eigenvalue weighted by molar-refractivity contribution is 6.11. The summed E-state index contributed by atoms with van der Waals surface area (Å²) in [5, 5.41) is 0. The van der Waals surface area contributed by atoms with Crippen LogP contribution in [-0.2, 0) is 6.18 Å². The van der Waals surface area contributed by atoms with E-state index in [0.29, 0.717) is 42.6 Å². The van der Waals surface area contributed by atoms with Crippen LogP contribution in [0.3, 0.4) is 0 Å². The third-order valence-corrected chi connectivity index (χ3v) is 4.15. The largest absolute Gasteiger partial charge is 0.434 e. The molecule has 0 atom stereocenters. The van der Waals surface area contributed by atoms with Gasteiger partial charge in [-0.25, -0.2) is 4.58 Å². The molecule has 2 N–H and O–H groups in total. The molecule has 0 unspecified atom stereocenters. The van der Waals surface area contributed by atoms with Gasteiger partial charge in [-0.3, -0.25) is 0 Å². The molecular formula is C20H22F5N2O+. The lowest BCUT2D eigenvalue weighted by atomic mass is 9.98. The van der Waals surface area contributed by atoms with Gasteiger partial charge in [0.2, 0.25) is 5.71 Å². The zero-order chi connectivity index (χ0) is 20.9. The van der Waals surface area contributed by atoms with Crippen LogP contribution >= 0.6 is 0 Å². The highest BCUT2D eigenvalue weighted by Crippen LogP contribution is 2.34. The van der Waals surface area contributed by atoms with Crippen LogP contribution in [0.4, 0.5) is 22.0 Å². The van der Waals surface area contributed by atoms with Crippen molar-refractivity contribution in [3.8, 4) is 5.75 Å². The maximum Gasteiger partial charge on any atom is 0.416 e. The van der Waals surface area contributed by atoms with Crippen molar-refractivity contribution in [1.29, 1.82) is 0 Å². The van der Waals surface area contributed by atoms with E-state index in [1.54, 1.807) is 26.0 Å². The Morgan fingerprint density at radius 2 is 2.04 bits per heavy atom. The lowest BCUT2D eigenvalue weighted by Crippen LogP contribution is -2.27. The molecule has 2 rings (SSSR count). The number of hydrogen-bond donors (Lipinski definition) is 1. The third kappa shape index (κ3) is 5.68. The monoisotopic (exact) mass is 401 g/mol. The smallest absolute Gasteiger partial charge is 0.416 e. The van der Waals surface area contributed by atoms with Crippen molar-refractivity contribution in [2.24, 2.45) is 5.73 Å². The lowest BCUT2D eigenvalue weighted by molar-refractivity contribution is -0.516. The molecule has 0 radical (unpaired) electrons. The van der Waals surface area contributed by atoms with E-state index >= 15 is 0 Å². The van der Waals surface area contributed by atoms with E-state index in [2.05, 4.69) is 4.74 Å². The first kappa shape index (κ1) is 21.7. The summed E-state index contributed by atoms with van der Waals surface area (Å²) in [5.74, 6) is -0.518. The van der Waals surface area contributed by atoms with Gasteiger partial charge < -0.3 is 10.5 Å². The van der Waals surface area contributed by atoms with Gasteiger partial charge in [0.25, 0.3) is 0 Å². The number of halogens is 5. The highest BCUT2D eigenvalue weighted by Gasteiger charge is 2.33. The first-order chi connectivity index (χ1) is 13.1. The standard InChI is InChI=1S/C20H22F5N2O/c1-13-6-4-3-5-10-27(11-9-14(2)26)18(13)16-8-7-15(20(23,24)25)12-17(16)28-19(21)22/h3-4,6-9,12,19H,5,10-11,26H2,1-2H3/q+1/b4-3-,13-6+,14-9+,27-18?. The second-order valence-electron chi connectivity index (χ2n) is 6.40. The maximum absolute atomic E-state index is 13.1. The topological polar surface area (TPSA) is 38.3 Å². The highest BCUT2D eigenvalue weighted by atomic mass is 19.4. The molecule has 1 aromatic rings. The molecule has 28 heavy (non-hydrogen) atoms. The number of nitrogens with zero attached hydrogens (tertiary/aromatic N) is 1. The molecule has 0 amide bonds. The molecule has 0 spiro atoms. The van der Waals surface area contributed by atoms with Crippen LogP contribution in [0.15, 0.2) is 53.8 Å². The quantitative estimate of drug-likeness (QED) is 0.564. The number of ether oxygens (including phenoxy) is 1. The fraction of sp³-hybridized carbons (Fsp3) is 0.350. The minimum atomic E-state index is -4.67. The summed E-state index contributed by atoms with van der Waals surface area (Å²) < 4.78 is 71.3. The summed E-state index contributed by atoms with van der Waals surface area (Å²) in [6.07, 6.45) is 3.33. The maximum atomic E-state index is 13.1. The van der Waals surface area contributed by atoms with E-state index in [9.17, 15) is 22.0 Å². The number of rotatable bonds is 5. The number of nitrogens with two attached hydrogens (primary N) is 1. The summed E-state index contributed by atoms with van der Waals surface area (Å²) >= 11 is 0. The van der Waals surface area contributed by atoms with Crippen LogP contribution in [0.1, 0.15) is 31.4 Å². The van der Waals surface area contributed by atoms with Gasteiger partial charge in [0.1, 0.15) is 12.3 Å². The van der Waals surface area contributed by atoms with Crippen LogP contribution in [0.2, 0.25) is 0 Å². The Morgan fingerprint density at radius 1 is 1.32 bits per heavy atom. The predicted molar refractivity (Wildman–Crippen MR) is 97.6 cm³/mol. The van der Waals surface area contributed by atoms with Crippen molar-refractivity contribution in [1.82, 2.24) is 0 Å². The second kappa shape index (κ2) is 9.03. The molecule has 0 aromatic heterocycles. The second-order valence-corrected chi connectivity index (χ2v) is 6.40. The van der Waals surface area contributed by atoms with Crippen LogP contribution in [-0.4, -0.2) is 30.0 Å². The molecule has 152 valence electrons. The van der Waals surface area contributed by atoms with Crippen molar-refractivity contribution >= 4 is 5.71 Å². The van der Waals surface area contributed by atoms with Crippen LogP contribution in [0.25, 0.3) is 0 Å². The Morgan fingerprint density at radius 3 is 2.64 bits per heavy atom. The van der Waals surface area contributed by atoms with Crippen molar-refractivity contribution in [3.63, 3.8) is 0 Å². The molecule has 0 aliphatic carbocycles. The predicted octanol–water partition coefficient (Wildman–Crippen LogP) is 4.88. The fourth-order valence-electron chi connectivity index (χ4n) is 2.89. The van der Waals surface area contributed by atoms with Gasteiger partial charge in [0.05, 0.1) is 11.1 Å². The Hall–Kier alpha value is -2.64. The third-order valence-electron chi connectivity index (χ3n) is 4.15. The Labute approximate surface area is 160 Å². The van der Waals surface area contributed by atoms with Crippen molar-refractivity contribution in [2.45, 2.75) is 33.1 Å². The minimum absolute atomic E-state index is 0.167. The molecule has 1 aromatic carbocycles. The summed E-state index contributed by atoms with van der Waals surface area (Å²) in [4.78, 5) is 0. The SMILES string of the molecule is C/C(N)=C\C[N+]1=C(c2ccc(C(F)(F)F)cc2OC(F)F)/C(C)=C/C=C\CC1. The first-order valence-electron chi connectivity index (χ1n) is 8.64. The Kier molecular flexibility index (Phi) is 6.99. The summed E-state index contributed by atoms with van der Waals surface area (Å²) in [6, 6.07) is 2.65. The summed E-state index contributed by atoms with van der Waals surface area (Å²) in [5.41, 5.74) is 6.63. The normalized spacial score (nSPS) is 19.1. The fourth-order valence-corrected chi connectivity index (χ4v) is 2.89. The van der Waals surface area contributed by atoms with E-state index in [1.165, 1.54) is 6.07 Å². The molecular weight excluding hydrogens is 379 g/mol. The van der Waals surface area contributed by atoms with Crippen LogP contribution < -0.4 is 10.5 Å². The molecule has 1 aliphatic rings. The molecule has 8 heteroatoms. The van der Waals surface area contributed by atoms with E-state index in [-0.39, 0.29) is 5.56 Å². The number of benzene rings is 1.